The summed E-state index contributed by atoms with van der Waals surface area (Å²) in [6.07, 6.45) is 2.09. The van der Waals surface area contributed by atoms with Crippen molar-refractivity contribution >= 4 is 35.0 Å². The minimum absolute atomic E-state index is 0.0837. The minimum atomic E-state index is -0.171. The van der Waals surface area contributed by atoms with Crippen LogP contribution in [0.4, 0.5) is 11.4 Å². The number of anilines is 2. The monoisotopic (exact) mass is 474 g/mol. The third-order valence-corrected chi connectivity index (χ3v) is 7.19. The SMILES string of the molecule is CCCCOc1ccc(C(=O)Nc2ccc([C@H]3SCC(=O)N3c3ccc(C)c(C)c3)cc2)cc1. The fourth-order valence-electron chi connectivity index (χ4n) is 3.80. The molecule has 4 rings (SSSR count). The molecular formula is C28H30N2O3S. The summed E-state index contributed by atoms with van der Waals surface area (Å²) < 4.78 is 5.66. The number of rotatable bonds is 8. The van der Waals surface area contributed by atoms with E-state index in [0.717, 1.165) is 29.8 Å². The second kappa shape index (κ2) is 10.8. The van der Waals surface area contributed by atoms with Crippen LogP contribution in [0.1, 0.15) is 52.2 Å². The highest BCUT2D eigenvalue weighted by atomic mass is 32.2. The Hall–Kier alpha value is -3.25. The Bertz CT molecular complexity index is 1160. The molecule has 1 aliphatic rings. The zero-order chi connectivity index (χ0) is 24.1. The molecule has 1 atom stereocenters. The zero-order valence-electron chi connectivity index (χ0n) is 19.8. The molecule has 0 saturated carbocycles. The van der Waals surface area contributed by atoms with Crippen molar-refractivity contribution in [3.8, 4) is 5.75 Å². The minimum Gasteiger partial charge on any atom is -0.494 e. The van der Waals surface area contributed by atoms with Gasteiger partial charge in [-0.2, -0.15) is 0 Å². The number of aryl methyl sites for hydroxylation is 2. The number of amides is 2. The second-order valence-corrected chi connectivity index (χ2v) is 9.57. The molecule has 1 N–H and O–H groups in total. The van der Waals surface area contributed by atoms with Gasteiger partial charge in [-0.05, 0) is 85.5 Å². The molecule has 1 saturated heterocycles. The van der Waals surface area contributed by atoms with E-state index in [2.05, 4.69) is 38.2 Å². The van der Waals surface area contributed by atoms with Gasteiger partial charge in [-0.15, -0.1) is 11.8 Å². The van der Waals surface area contributed by atoms with Crippen LogP contribution >= 0.6 is 11.8 Å². The molecule has 0 radical (unpaired) electrons. The Kier molecular flexibility index (Phi) is 7.58. The quantitative estimate of drug-likeness (QED) is 0.378. The van der Waals surface area contributed by atoms with Gasteiger partial charge in [0, 0.05) is 16.9 Å². The largest absolute Gasteiger partial charge is 0.494 e. The highest BCUT2D eigenvalue weighted by molar-refractivity contribution is 8.00. The lowest BCUT2D eigenvalue weighted by atomic mass is 10.1. The van der Waals surface area contributed by atoms with Gasteiger partial charge >= 0.3 is 0 Å². The van der Waals surface area contributed by atoms with Crippen LogP contribution < -0.4 is 15.0 Å². The molecule has 3 aromatic rings. The number of benzene rings is 3. The van der Waals surface area contributed by atoms with Gasteiger partial charge in [-0.25, -0.2) is 0 Å². The Morgan fingerprint density at radius 2 is 1.76 bits per heavy atom. The molecule has 1 aliphatic heterocycles. The molecule has 0 unspecified atom stereocenters. The molecular weight excluding hydrogens is 444 g/mol. The van der Waals surface area contributed by atoms with E-state index >= 15 is 0 Å². The summed E-state index contributed by atoms with van der Waals surface area (Å²) >= 11 is 1.62. The Balaban J connectivity index is 1.42. The first kappa shape index (κ1) is 23.9. The number of ether oxygens (including phenoxy) is 1. The number of carbonyl (C=O) groups excluding carboxylic acids is 2. The maximum Gasteiger partial charge on any atom is 0.255 e. The molecule has 3 aromatic carbocycles. The Morgan fingerprint density at radius 3 is 2.44 bits per heavy atom. The zero-order valence-corrected chi connectivity index (χ0v) is 20.7. The van der Waals surface area contributed by atoms with Gasteiger partial charge in [0.05, 0.1) is 12.4 Å². The first-order chi connectivity index (χ1) is 16.5. The van der Waals surface area contributed by atoms with Crippen LogP contribution in [0.3, 0.4) is 0 Å². The van der Waals surface area contributed by atoms with E-state index in [1.54, 1.807) is 23.9 Å². The predicted molar refractivity (Wildman–Crippen MR) is 140 cm³/mol. The molecule has 34 heavy (non-hydrogen) atoms. The van der Waals surface area contributed by atoms with E-state index in [9.17, 15) is 9.59 Å². The molecule has 6 heteroatoms. The lowest BCUT2D eigenvalue weighted by molar-refractivity contribution is -0.115. The maximum atomic E-state index is 12.7. The van der Waals surface area contributed by atoms with Crippen LogP contribution in [0.15, 0.2) is 66.7 Å². The van der Waals surface area contributed by atoms with Gasteiger partial charge in [0.1, 0.15) is 11.1 Å². The van der Waals surface area contributed by atoms with Crippen molar-refractivity contribution in [2.75, 3.05) is 22.6 Å². The molecule has 1 fully saturated rings. The van der Waals surface area contributed by atoms with Crippen LogP contribution in [0, 0.1) is 13.8 Å². The molecule has 176 valence electrons. The fraction of sp³-hybridized carbons (Fsp3) is 0.286. The van der Waals surface area contributed by atoms with Gasteiger partial charge < -0.3 is 10.1 Å². The summed E-state index contributed by atoms with van der Waals surface area (Å²) in [4.78, 5) is 27.2. The number of nitrogens with one attached hydrogen (secondary N) is 1. The van der Waals surface area contributed by atoms with Crippen molar-refractivity contribution in [3.05, 3.63) is 89.0 Å². The van der Waals surface area contributed by atoms with Crippen LogP contribution in [0.25, 0.3) is 0 Å². The molecule has 2 amide bonds. The average molecular weight is 475 g/mol. The molecule has 0 aromatic heterocycles. The van der Waals surface area contributed by atoms with E-state index < -0.39 is 0 Å². The van der Waals surface area contributed by atoms with E-state index in [0.29, 0.717) is 23.6 Å². The summed E-state index contributed by atoms with van der Waals surface area (Å²) in [6, 6.07) is 21.0. The van der Waals surface area contributed by atoms with Crippen LogP contribution in [-0.4, -0.2) is 24.2 Å². The third kappa shape index (κ3) is 5.45. The predicted octanol–water partition coefficient (Wildman–Crippen LogP) is 6.51. The van der Waals surface area contributed by atoms with Crippen molar-refractivity contribution in [1.82, 2.24) is 0 Å². The van der Waals surface area contributed by atoms with E-state index in [1.165, 1.54) is 11.1 Å². The third-order valence-electron chi connectivity index (χ3n) is 5.97. The van der Waals surface area contributed by atoms with Gasteiger partial charge in [0.25, 0.3) is 5.91 Å². The number of nitrogens with zero attached hydrogens (tertiary/aromatic N) is 1. The van der Waals surface area contributed by atoms with Gasteiger partial charge in [0.2, 0.25) is 5.91 Å². The highest BCUT2D eigenvalue weighted by Crippen LogP contribution is 2.42. The number of thioether (sulfide) groups is 1. The number of unbranched alkanes of at least 4 members (excludes halogenated alkanes) is 1. The van der Waals surface area contributed by atoms with Crippen molar-refractivity contribution in [2.24, 2.45) is 0 Å². The number of carbonyl (C=O) groups is 2. The van der Waals surface area contributed by atoms with Crippen LogP contribution in [-0.2, 0) is 4.79 Å². The first-order valence-electron chi connectivity index (χ1n) is 11.6. The summed E-state index contributed by atoms with van der Waals surface area (Å²) in [5.41, 5.74) is 5.61. The average Bonchev–Trinajstić information content (AvgIpc) is 3.23. The van der Waals surface area contributed by atoms with E-state index in [-0.39, 0.29) is 17.2 Å². The smallest absolute Gasteiger partial charge is 0.255 e. The lowest BCUT2D eigenvalue weighted by Gasteiger charge is -2.25. The Morgan fingerprint density at radius 1 is 1.03 bits per heavy atom. The first-order valence-corrected chi connectivity index (χ1v) is 12.7. The molecule has 1 heterocycles. The second-order valence-electron chi connectivity index (χ2n) is 8.50. The summed E-state index contributed by atoms with van der Waals surface area (Å²) in [6.45, 7) is 6.93. The van der Waals surface area contributed by atoms with Crippen molar-refractivity contribution in [3.63, 3.8) is 0 Å². The van der Waals surface area contributed by atoms with Crippen molar-refractivity contribution in [1.29, 1.82) is 0 Å². The van der Waals surface area contributed by atoms with Gasteiger partial charge in [-0.3, -0.25) is 14.5 Å². The molecule has 5 nitrogen and oxygen atoms in total. The van der Waals surface area contributed by atoms with Crippen LogP contribution in [0.5, 0.6) is 5.75 Å². The van der Waals surface area contributed by atoms with Gasteiger partial charge in [0.15, 0.2) is 0 Å². The lowest BCUT2D eigenvalue weighted by Crippen LogP contribution is -2.27. The maximum absolute atomic E-state index is 12.7. The normalized spacial score (nSPS) is 15.4. The standard InChI is InChI=1S/C28H30N2O3S/c1-4-5-16-33-25-14-9-21(10-15-25)27(32)29-23-11-7-22(8-12-23)28-30(26(31)18-34-28)24-13-6-19(2)20(3)17-24/h6-15,17,28H,4-5,16,18H2,1-3H3,(H,29,32)/t28-/m1/s1. The molecule has 0 spiro atoms. The van der Waals surface area contributed by atoms with E-state index in [4.69, 9.17) is 4.74 Å². The molecule has 0 bridgehead atoms. The number of hydrogen-bond donors (Lipinski definition) is 1. The Labute approximate surface area is 205 Å². The molecule has 0 aliphatic carbocycles. The highest BCUT2D eigenvalue weighted by Gasteiger charge is 2.34. The summed E-state index contributed by atoms with van der Waals surface area (Å²) in [7, 11) is 0. The van der Waals surface area contributed by atoms with Crippen LogP contribution in [0.2, 0.25) is 0 Å². The van der Waals surface area contributed by atoms with Gasteiger partial charge in [-0.1, -0.05) is 31.5 Å². The number of hydrogen-bond acceptors (Lipinski definition) is 4. The van der Waals surface area contributed by atoms with Crippen molar-refractivity contribution < 1.29 is 14.3 Å². The fourth-order valence-corrected chi connectivity index (χ4v) is 4.97. The van der Waals surface area contributed by atoms with Crippen molar-refractivity contribution in [2.45, 2.75) is 39.0 Å². The summed E-state index contributed by atoms with van der Waals surface area (Å²) in [5, 5.41) is 2.86. The van der Waals surface area contributed by atoms with E-state index in [1.807, 2.05) is 47.4 Å². The summed E-state index contributed by atoms with van der Waals surface area (Å²) in [5.74, 6) is 1.16. The topological polar surface area (TPSA) is 58.6 Å².